The van der Waals surface area contributed by atoms with Gasteiger partial charge in [-0.2, -0.15) is 0 Å². The molecule has 2 heterocycles. The van der Waals surface area contributed by atoms with Crippen LogP contribution in [0, 0.1) is 0 Å². The molecule has 20 rings (SSSR count). The summed E-state index contributed by atoms with van der Waals surface area (Å²) in [5, 5.41) is 18.8. The molecule has 16 aromatic carbocycles. The van der Waals surface area contributed by atoms with Crippen molar-refractivity contribution < 1.29 is 0 Å². The summed E-state index contributed by atoms with van der Waals surface area (Å²) >= 11 is 0. The van der Waals surface area contributed by atoms with Crippen molar-refractivity contribution >= 4 is 90.0 Å². The Hall–Kier alpha value is -11.3. The Morgan fingerprint density at radius 3 is 1.01 bits per heavy atom. The number of rotatable bonds is 7. The van der Waals surface area contributed by atoms with E-state index in [1.165, 1.54) is 174 Å². The Morgan fingerprint density at radius 1 is 0.183 bits per heavy atom. The first-order chi connectivity index (χ1) is 46.2. The van der Waals surface area contributed by atoms with Crippen molar-refractivity contribution in [1.82, 2.24) is 0 Å². The summed E-state index contributed by atoms with van der Waals surface area (Å²) < 4.78 is 0. The lowest BCUT2D eigenvalue weighted by atomic mass is 9.70. The van der Waals surface area contributed by atoms with E-state index < -0.39 is 21.6 Å². The third-order valence-corrected chi connectivity index (χ3v) is 31.7. The second kappa shape index (κ2) is 19.9. The number of benzene rings is 16. The minimum atomic E-state index is -3.01. The maximum Gasteiger partial charge on any atom is 0.181 e. The lowest BCUT2D eigenvalue weighted by Crippen LogP contribution is -2.73. The molecule has 16 aromatic rings. The van der Waals surface area contributed by atoms with Crippen LogP contribution >= 0.6 is 0 Å². The van der Waals surface area contributed by atoms with Crippen LogP contribution in [0.4, 0.5) is 0 Å². The van der Waals surface area contributed by atoms with Gasteiger partial charge in [0.25, 0.3) is 0 Å². The SMILES string of the molecule is c1ccc([Si]2(c3ccccc3)c3ccccc3-c3cccc(-c4cccc5c(-c6cccc7c6-c6c(ccc8ccccc68)C76c7ccccc7-c7ccccc76)c6cccc(-c7cccc8c7[Si](c7ccccc7)(c7ccccc7)c7ccccc7-8)c6cc45)c32)cc1. The Balaban J connectivity index is 0.957. The summed E-state index contributed by atoms with van der Waals surface area (Å²) in [7, 11) is -6.02. The van der Waals surface area contributed by atoms with Crippen LogP contribution in [-0.4, -0.2) is 16.1 Å². The fraction of sp³-hybridized carbons (Fsp3) is 0.0110. The van der Waals surface area contributed by atoms with Gasteiger partial charge in [-0.05, 0) is 180 Å². The van der Waals surface area contributed by atoms with E-state index in [1.807, 2.05) is 0 Å². The average molecular weight is 1210 g/mol. The van der Waals surface area contributed by atoms with E-state index in [1.54, 1.807) is 0 Å². The maximum atomic E-state index is 2.63. The van der Waals surface area contributed by atoms with Gasteiger partial charge in [-0.3, -0.25) is 0 Å². The highest BCUT2D eigenvalue weighted by atomic mass is 28.3. The summed E-state index contributed by atoms with van der Waals surface area (Å²) in [5.41, 5.74) is 23.0. The van der Waals surface area contributed by atoms with E-state index in [2.05, 4.69) is 352 Å². The minimum Gasteiger partial charge on any atom is -0.0623 e. The first-order valence-corrected chi connectivity index (χ1v) is 36.7. The summed E-state index contributed by atoms with van der Waals surface area (Å²) in [5.74, 6) is 0. The molecule has 0 nitrogen and oxygen atoms in total. The maximum absolute atomic E-state index is 3.01. The molecule has 0 bridgehead atoms. The van der Waals surface area contributed by atoms with E-state index in [-0.39, 0.29) is 0 Å². The zero-order chi connectivity index (χ0) is 61.0. The number of hydrogen-bond donors (Lipinski definition) is 0. The molecular weight excluding hydrogens is 1150 g/mol. The van der Waals surface area contributed by atoms with Crippen molar-refractivity contribution in [3.05, 3.63) is 374 Å². The van der Waals surface area contributed by atoms with Gasteiger partial charge in [0.15, 0.2) is 16.1 Å². The van der Waals surface area contributed by atoms with Crippen LogP contribution in [0.5, 0.6) is 0 Å². The van der Waals surface area contributed by atoms with Crippen LogP contribution in [0.1, 0.15) is 22.3 Å². The Morgan fingerprint density at radius 2 is 0.516 bits per heavy atom. The van der Waals surface area contributed by atoms with E-state index >= 15 is 0 Å². The van der Waals surface area contributed by atoms with E-state index in [4.69, 9.17) is 0 Å². The second-order valence-corrected chi connectivity index (χ2v) is 33.2. The standard InChI is InChI=1S/C91H58Si2/c1-5-29-60(30-6-1)92(61-31-7-2-8-32-61)84-54-21-17-40-69(84)75-48-25-46-73(89(75)92)65-42-23-44-71-78(65)58-79-66(74-47-26-49-76-70-41-18-22-55-85(70)93(90(74)76,62-33-9-3-10-34-62)63-35-11-4-12-36-63)43-24-45-72(79)86(71)77-50-27-53-82-88(77)87-64-37-14-13-28-59(64)56-57-83(87)91(82)80-51-19-15-38-67(80)68-39-16-20-52-81(68)91/h1-58H. The predicted octanol–water partition coefficient (Wildman–Crippen LogP) is 17.2. The summed E-state index contributed by atoms with van der Waals surface area (Å²) in [4.78, 5) is 0. The number of hydrogen-bond acceptors (Lipinski definition) is 0. The summed E-state index contributed by atoms with van der Waals surface area (Å²) in [6.07, 6.45) is 0. The molecule has 4 aliphatic rings. The zero-order valence-corrected chi connectivity index (χ0v) is 53.0. The molecule has 93 heavy (non-hydrogen) atoms. The van der Waals surface area contributed by atoms with Gasteiger partial charge in [0.1, 0.15) is 0 Å². The fourth-order valence-corrected chi connectivity index (χ4v) is 29.3. The molecule has 0 unspecified atom stereocenters. The zero-order valence-electron chi connectivity index (χ0n) is 51.0. The third kappa shape index (κ3) is 6.83. The van der Waals surface area contributed by atoms with Gasteiger partial charge in [0, 0.05) is 0 Å². The third-order valence-electron chi connectivity index (χ3n) is 21.8. The van der Waals surface area contributed by atoms with E-state index in [9.17, 15) is 0 Å². The van der Waals surface area contributed by atoms with Gasteiger partial charge in [-0.1, -0.05) is 346 Å². The van der Waals surface area contributed by atoms with Crippen LogP contribution < -0.4 is 41.5 Å². The molecule has 0 atom stereocenters. The van der Waals surface area contributed by atoms with Crippen LogP contribution in [0.2, 0.25) is 0 Å². The van der Waals surface area contributed by atoms with Gasteiger partial charge in [0.2, 0.25) is 0 Å². The quantitative estimate of drug-likeness (QED) is 0.110. The first-order valence-electron chi connectivity index (χ1n) is 32.7. The lowest BCUT2D eigenvalue weighted by Gasteiger charge is -2.33. The smallest absolute Gasteiger partial charge is 0.0623 e. The second-order valence-electron chi connectivity index (χ2n) is 25.8. The Labute approximate surface area is 543 Å². The molecule has 0 saturated carbocycles. The molecule has 0 saturated heterocycles. The van der Waals surface area contributed by atoms with Gasteiger partial charge < -0.3 is 0 Å². The van der Waals surface area contributed by atoms with Gasteiger partial charge in [-0.15, -0.1) is 0 Å². The average Bonchev–Trinajstić information content (AvgIpc) is 1.46. The van der Waals surface area contributed by atoms with Gasteiger partial charge >= 0.3 is 0 Å². The van der Waals surface area contributed by atoms with Crippen LogP contribution in [0.15, 0.2) is 352 Å². The van der Waals surface area contributed by atoms with Crippen molar-refractivity contribution in [3.8, 4) is 77.9 Å². The lowest BCUT2D eigenvalue weighted by molar-refractivity contribution is 0.794. The molecule has 0 fully saturated rings. The van der Waals surface area contributed by atoms with Crippen molar-refractivity contribution in [2.75, 3.05) is 0 Å². The number of fused-ring (bicyclic) bond motifs is 20. The molecule has 0 radical (unpaired) electrons. The predicted molar refractivity (Wildman–Crippen MR) is 397 cm³/mol. The van der Waals surface area contributed by atoms with Crippen LogP contribution in [-0.2, 0) is 5.41 Å². The van der Waals surface area contributed by atoms with Gasteiger partial charge in [0.05, 0.1) is 5.41 Å². The normalized spacial score (nSPS) is 14.3. The molecule has 2 aliphatic carbocycles. The highest BCUT2D eigenvalue weighted by Gasteiger charge is 2.54. The molecule has 2 aliphatic heterocycles. The summed E-state index contributed by atoms with van der Waals surface area (Å²) in [6.45, 7) is 0. The van der Waals surface area contributed by atoms with Crippen LogP contribution in [0.25, 0.3) is 110 Å². The molecule has 0 aromatic heterocycles. The Bertz CT molecular complexity index is 5440. The molecule has 0 N–H and O–H groups in total. The highest BCUT2D eigenvalue weighted by Crippen LogP contribution is 2.65. The molecular formula is C91H58Si2. The first kappa shape index (κ1) is 52.5. The highest BCUT2D eigenvalue weighted by molar-refractivity contribution is 7.23. The minimum absolute atomic E-state index is 0.556. The Kier molecular flexibility index (Phi) is 11.2. The van der Waals surface area contributed by atoms with Crippen molar-refractivity contribution in [2.45, 2.75) is 5.41 Å². The fourth-order valence-electron chi connectivity index (χ4n) is 18.5. The molecule has 0 amide bonds. The van der Waals surface area contributed by atoms with Crippen LogP contribution in [0.3, 0.4) is 0 Å². The largest absolute Gasteiger partial charge is 0.181 e. The molecule has 2 heteroatoms. The topological polar surface area (TPSA) is 0 Å². The van der Waals surface area contributed by atoms with Crippen molar-refractivity contribution in [2.24, 2.45) is 0 Å². The van der Waals surface area contributed by atoms with Crippen molar-refractivity contribution in [1.29, 1.82) is 0 Å². The van der Waals surface area contributed by atoms with E-state index in [0.29, 0.717) is 0 Å². The molecule has 1 spiro atoms. The molecule has 430 valence electrons. The van der Waals surface area contributed by atoms with Crippen molar-refractivity contribution in [3.63, 3.8) is 0 Å². The van der Waals surface area contributed by atoms with Gasteiger partial charge in [-0.25, -0.2) is 0 Å². The van der Waals surface area contributed by atoms with E-state index in [0.717, 1.165) is 0 Å². The monoisotopic (exact) mass is 1210 g/mol. The summed E-state index contributed by atoms with van der Waals surface area (Å²) in [6, 6.07) is 136.